The van der Waals surface area contributed by atoms with Gasteiger partial charge in [0.05, 0.1) is 12.2 Å². The number of hydrogen-bond acceptors (Lipinski definition) is 3. The third kappa shape index (κ3) is 3.03. The van der Waals surface area contributed by atoms with Crippen molar-refractivity contribution in [3.05, 3.63) is 53.6 Å². The largest absolute Gasteiger partial charge is 0.487 e. The normalized spacial score (nSPS) is 17.3. The number of ether oxygens (including phenoxy) is 1. The maximum Gasteiger partial charge on any atom is 0.145 e. The Morgan fingerprint density at radius 3 is 2.59 bits per heavy atom. The van der Waals surface area contributed by atoms with Crippen LogP contribution in [0.4, 0.5) is 11.4 Å². The molecule has 2 aromatic carbocycles. The van der Waals surface area contributed by atoms with Gasteiger partial charge >= 0.3 is 0 Å². The first-order valence-corrected chi connectivity index (χ1v) is 7.93. The number of nitrogen functional groups attached to an aromatic ring is 1. The Morgan fingerprint density at radius 2 is 1.91 bits per heavy atom. The van der Waals surface area contributed by atoms with Gasteiger partial charge in [-0.05, 0) is 36.1 Å². The van der Waals surface area contributed by atoms with Crippen molar-refractivity contribution in [1.29, 1.82) is 0 Å². The van der Waals surface area contributed by atoms with Crippen LogP contribution in [-0.4, -0.2) is 12.6 Å². The maximum absolute atomic E-state index is 5.91. The van der Waals surface area contributed by atoms with Gasteiger partial charge in [-0.3, -0.25) is 0 Å². The van der Waals surface area contributed by atoms with Crippen LogP contribution < -0.4 is 15.4 Å². The molecule has 0 bridgehead atoms. The van der Waals surface area contributed by atoms with E-state index >= 15 is 0 Å². The lowest BCUT2D eigenvalue weighted by Crippen LogP contribution is -2.37. The van der Waals surface area contributed by atoms with Crippen LogP contribution in [0.1, 0.15) is 37.8 Å². The van der Waals surface area contributed by atoms with Crippen LogP contribution in [0.3, 0.4) is 0 Å². The molecule has 2 aromatic rings. The molecule has 1 atom stereocenters. The summed E-state index contributed by atoms with van der Waals surface area (Å²) >= 11 is 0. The van der Waals surface area contributed by atoms with Gasteiger partial charge in [0.15, 0.2) is 0 Å². The summed E-state index contributed by atoms with van der Waals surface area (Å²) in [4.78, 5) is 2.37. The Kier molecular flexibility index (Phi) is 3.97. The highest BCUT2D eigenvalue weighted by Crippen LogP contribution is 2.35. The van der Waals surface area contributed by atoms with E-state index in [4.69, 9.17) is 10.5 Å². The fourth-order valence-electron chi connectivity index (χ4n) is 2.93. The van der Waals surface area contributed by atoms with Gasteiger partial charge in [0, 0.05) is 18.3 Å². The monoisotopic (exact) mass is 296 g/mol. The van der Waals surface area contributed by atoms with Gasteiger partial charge in [0.2, 0.25) is 0 Å². The summed E-state index contributed by atoms with van der Waals surface area (Å²) < 4.78 is 5.91. The second-order valence-corrected chi connectivity index (χ2v) is 6.43. The Hall–Kier alpha value is -2.16. The zero-order valence-electron chi connectivity index (χ0n) is 13.5. The average Bonchev–Trinajstić information content (AvgIpc) is 2.47. The van der Waals surface area contributed by atoms with Crippen molar-refractivity contribution >= 4 is 11.4 Å². The van der Waals surface area contributed by atoms with Crippen LogP contribution in [0.25, 0.3) is 0 Å². The predicted molar refractivity (Wildman–Crippen MR) is 92.5 cm³/mol. The lowest BCUT2D eigenvalue weighted by atomic mass is 10.0. The van der Waals surface area contributed by atoms with E-state index in [0.29, 0.717) is 5.92 Å². The number of anilines is 2. The van der Waals surface area contributed by atoms with Gasteiger partial charge in [-0.2, -0.15) is 0 Å². The summed E-state index contributed by atoms with van der Waals surface area (Å²) in [6.07, 6.45) is 0.171. The van der Waals surface area contributed by atoms with Crippen LogP contribution in [0.15, 0.2) is 42.5 Å². The zero-order chi connectivity index (χ0) is 15.7. The van der Waals surface area contributed by atoms with Crippen LogP contribution >= 0.6 is 0 Å². The van der Waals surface area contributed by atoms with Gasteiger partial charge in [-0.25, -0.2) is 0 Å². The standard InChI is InChI=1S/C19H24N2O/c1-13(2)16-6-4-15(5-7-16)12-21-11-14(3)22-19-10-17(20)8-9-18(19)21/h4-10,13-14H,11-12,20H2,1-3H3. The topological polar surface area (TPSA) is 38.5 Å². The molecule has 3 nitrogen and oxygen atoms in total. The van der Waals surface area contributed by atoms with E-state index in [0.717, 1.165) is 30.2 Å². The second kappa shape index (κ2) is 5.91. The quantitative estimate of drug-likeness (QED) is 0.864. The molecule has 0 spiro atoms. The Bertz CT molecular complexity index is 649. The summed E-state index contributed by atoms with van der Waals surface area (Å²) in [7, 11) is 0. The lowest BCUT2D eigenvalue weighted by molar-refractivity contribution is 0.212. The highest BCUT2D eigenvalue weighted by atomic mass is 16.5. The molecule has 0 aliphatic carbocycles. The van der Waals surface area contributed by atoms with Crippen molar-refractivity contribution in [3.63, 3.8) is 0 Å². The van der Waals surface area contributed by atoms with E-state index in [9.17, 15) is 0 Å². The molecule has 0 fully saturated rings. The molecule has 0 aromatic heterocycles. The Morgan fingerprint density at radius 1 is 1.18 bits per heavy atom. The van der Waals surface area contributed by atoms with E-state index in [2.05, 4.69) is 56.0 Å². The number of rotatable bonds is 3. The number of nitrogens with zero attached hydrogens (tertiary/aromatic N) is 1. The molecule has 1 aliphatic heterocycles. The minimum absolute atomic E-state index is 0.171. The third-order valence-corrected chi connectivity index (χ3v) is 4.15. The van der Waals surface area contributed by atoms with Gasteiger partial charge in [-0.15, -0.1) is 0 Å². The fraction of sp³-hybridized carbons (Fsp3) is 0.368. The number of nitrogens with two attached hydrogens (primary N) is 1. The first-order chi connectivity index (χ1) is 10.5. The van der Waals surface area contributed by atoms with Crippen LogP contribution in [-0.2, 0) is 6.54 Å². The fourth-order valence-corrected chi connectivity index (χ4v) is 2.93. The third-order valence-electron chi connectivity index (χ3n) is 4.15. The van der Waals surface area contributed by atoms with Crippen LogP contribution in [0, 0.1) is 0 Å². The lowest BCUT2D eigenvalue weighted by Gasteiger charge is -2.35. The number of hydrogen-bond donors (Lipinski definition) is 1. The summed E-state index contributed by atoms with van der Waals surface area (Å²) in [6, 6.07) is 14.8. The van der Waals surface area contributed by atoms with Crippen molar-refractivity contribution in [1.82, 2.24) is 0 Å². The molecule has 116 valence electrons. The molecule has 1 aliphatic rings. The van der Waals surface area contributed by atoms with Gasteiger partial charge in [0.25, 0.3) is 0 Å². The molecule has 0 saturated carbocycles. The number of fused-ring (bicyclic) bond motifs is 1. The first-order valence-electron chi connectivity index (χ1n) is 7.93. The molecule has 0 amide bonds. The average molecular weight is 296 g/mol. The zero-order valence-corrected chi connectivity index (χ0v) is 13.5. The van der Waals surface area contributed by atoms with Crippen molar-refractivity contribution in [2.24, 2.45) is 0 Å². The minimum atomic E-state index is 0.171. The smallest absolute Gasteiger partial charge is 0.145 e. The van der Waals surface area contributed by atoms with Crippen molar-refractivity contribution in [2.45, 2.75) is 39.3 Å². The highest BCUT2D eigenvalue weighted by Gasteiger charge is 2.23. The number of benzene rings is 2. The minimum Gasteiger partial charge on any atom is -0.487 e. The molecule has 3 rings (SSSR count). The molecule has 0 radical (unpaired) electrons. The molecule has 22 heavy (non-hydrogen) atoms. The molecule has 2 N–H and O–H groups in total. The summed E-state index contributed by atoms with van der Waals surface area (Å²) in [5.74, 6) is 1.46. The van der Waals surface area contributed by atoms with Crippen molar-refractivity contribution < 1.29 is 4.74 Å². The predicted octanol–water partition coefficient (Wildman–Crippen LogP) is 4.18. The molecule has 0 saturated heterocycles. The van der Waals surface area contributed by atoms with Gasteiger partial charge in [0.1, 0.15) is 11.9 Å². The molecule has 1 unspecified atom stereocenters. The molecular weight excluding hydrogens is 272 g/mol. The van der Waals surface area contributed by atoms with E-state index < -0.39 is 0 Å². The van der Waals surface area contributed by atoms with E-state index in [1.165, 1.54) is 11.1 Å². The maximum atomic E-state index is 5.91. The SMILES string of the molecule is CC1CN(Cc2ccc(C(C)C)cc2)c2ccc(N)cc2O1. The summed E-state index contributed by atoms with van der Waals surface area (Å²) in [5, 5.41) is 0. The van der Waals surface area contributed by atoms with Crippen LogP contribution in [0.5, 0.6) is 5.75 Å². The first kappa shape index (κ1) is 14.8. The van der Waals surface area contributed by atoms with Gasteiger partial charge in [-0.1, -0.05) is 38.1 Å². The van der Waals surface area contributed by atoms with E-state index in [-0.39, 0.29) is 6.10 Å². The van der Waals surface area contributed by atoms with Crippen molar-refractivity contribution in [2.75, 3.05) is 17.2 Å². The molecule has 3 heteroatoms. The van der Waals surface area contributed by atoms with E-state index in [1.807, 2.05) is 12.1 Å². The Labute approximate surface area is 132 Å². The second-order valence-electron chi connectivity index (χ2n) is 6.43. The molecular formula is C19H24N2O. The summed E-state index contributed by atoms with van der Waals surface area (Å²) in [5.41, 5.74) is 10.4. The van der Waals surface area contributed by atoms with Gasteiger partial charge < -0.3 is 15.4 Å². The molecule has 1 heterocycles. The van der Waals surface area contributed by atoms with E-state index in [1.54, 1.807) is 0 Å². The Balaban J connectivity index is 1.83. The van der Waals surface area contributed by atoms with Crippen LogP contribution in [0.2, 0.25) is 0 Å². The highest BCUT2D eigenvalue weighted by molar-refractivity contribution is 5.65. The van der Waals surface area contributed by atoms with Crippen molar-refractivity contribution in [3.8, 4) is 5.75 Å². The summed E-state index contributed by atoms with van der Waals surface area (Å²) in [6.45, 7) is 8.32.